The topological polar surface area (TPSA) is 42.0 Å². The van der Waals surface area contributed by atoms with Gasteiger partial charge in [-0.25, -0.2) is 0 Å². The normalized spacial score (nSPS) is 12.1. The summed E-state index contributed by atoms with van der Waals surface area (Å²) >= 11 is 1.64. The van der Waals surface area contributed by atoms with Crippen molar-refractivity contribution in [1.82, 2.24) is 10.3 Å². The van der Waals surface area contributed by atoms with E-state index in [1.54, 1.807) is 23.6 Å². The molecular weight excluding hydrogens is 232 g/mol. The average Bonchev–Trinajstić information content (AvgIpc) is 2.83. The Morgan fingerprint density at radius 1 is 1.41 bits per heavy atom. The van der Waals surface area contributed by atoms with E-state index in [2.05, 4.69) is 10.3 Å². The molecule has 0 aromatic carbocycles. The highest BCUT2D eigenvalue weighted by Gasteiger charge is 2.11. The van der Waals surface area contributed by atoms with Gasteiger partial charge in [0.25, 0.3) is 5.91 Å². The molecule has 2 heterocycles. The average molecular weight is 246 g/mol. The van der Waals surface area contributed by atoms with Crippen LogP contribution in [0.5, 0.6) is 0 Å². The molecule has 17 heavy (non-hydrogen) atoms. The molecule has 0 unspecified atom stereocenters. The second-order valence-corrected chi connectivity index (χ2v) is 4.88. The van der Waals surface area contributed by atoms with Crippen molar-refractivity contribution in [2.75, 3.05) is 0 Å². The lowest BCUT2D eigenvalue weighted by atomic mass is 10.2. The van der Waals surface area contributed by atoms with Crippen molar-refractivity contribution in [3.8, 4) is 0 Å². The Labute approximate surface area is 105 Å². The molecule has 2 aromatic rings. The number of amides is 1. The molecule has 3 nitrogen and oxygen atoms in total. The van der Waals surface area contributed by atoms with Crippen molar-refractivity contribution in [3.05, 3.63) is 52.0 Å². The minimum atomic E-state index is -0.0848. The summed E-state index contributed by atoms with van der Waals surface area (Å²) in [4.78, 5) is 17.2. The molecule has 0 radical (unpaired) electrons. The van der Waals surface area contributed by atoms with Gasteiger partial charge in [-0.05, 0) is 37.4 Å². The van der Waals surface area contributed by atoms with E-state index >= 15 is 0 Å². The Hall–Kier alpha value is -1.68. The van der Waals surface area contributed by atoms with Gasteiger partial charge in [-0.15, -0.1) is 11.3 Å². The molecule has 1 amide bonds. The molecule has 1 atom stereocenters. The van der Waals surface area contributed by atoms with Gasteiger partial charge >= 0.3 is 0 Å². The monoisotopic (exact) mass is 246 g/mol. The minimum absolute atomic E-state index is 0.0313. The lowest BCUT2D eigenvalue weighted by Crippen LogP contribution is -2.26. The van der Waals surface area contributed by atoms with Gasteiger partial charge < -0.3 is 5.32 Å². The first-order valence-corrected chi connectivity index (χ1v) is 6.31. The fourth-order valence-corrected chi connectivity index (χ4v) is 2.23. The number of aromatic nitrogens is 1. The fourth-order valence-electron chi connectivity index (χ4n) is 1.49. The first kappa shape index (κ1) is 11.8. The zero-order valence-electron chi connectivity index (χ0n) is 9.81. The molecular formula is C13H14N2OS. The van der Waals surface area contributed by atoms with E-state index < -0.39 is 0 Å². The molecule has 2 rings (SSSR count). The molecule has 0 saturated heterocycles. The van der Waals surface area contributed by atoms with E-state index in [0.717, 1.165) is 10.6 Å². The maximum Gasteiger partial charge on any atom is 0.253 e. The Bertz CT molecular complexity index is 491. The summed E-state index contributed by atoms with van der Waals surface area (Å²) in [6.07, 6.45) is 1.60. The zero-order valence-corrected chi connectivity index (χ0v) is 10.6. The lowest BCUT2D eigenvalue weighted by Gasteiger charge is -2.11. The van der Waals surface area contributed by atoms with E-state index in [1.165, 1.54) is 0 Å². The minimum Gasteiger partial charge on any atom is -0.345 e. The van der Waals surface area contributed by atoms with Gasteiger partial charge in [0.1, 0.15) is 0 Å². The second-order valence-electron chi connectivity index (χ2n) is 3.90. The van der Waals surface area contributed by atoms with Crippen LogP contribution in [0.15, 0.2) is 35.8 Å². The molecule has 0 bridgehead atoms. The van der Waals surface area contributed by atoms with Gasteiger partial charge in [0, 0.05) is 16.8 Å². The summed E-state index contributed by atoms with van der Waals surface area (Å²) < 4.78 is 0. The van der Waals surface area contributed by atoms with Crippen LogP contribution in [0.4, 0.5) is 0 Å². The number of rotatable bonds is 3. The third-order valence-corrected chi connectivity index (χ3v) is 3.55. The van der Waals surface area contributed by atoms with Crippen molar-refractivity contribution in [2.24, 2.45) is 0 Å². The molecule has 0 aliphatic heterocycles. The molecule has 0 aliphatic carbocycles. The summed E-state index contributed by atoms with van der Waals surface area (Å²) in [5, 5.41) is 4.95. The van der Waals surface area contributed by atoms with Gasteiger partial charge in [-0.1, -0.05) is 6.07 Å². The quantitative estimate of drug-likeness (QED) is 0.904. The third kappa shape index (κ3) is 2.91. The number of thiophene rings is 1. The first-order valence-electron chi connectivity index (χ1n) is 5.44. The van der Waals surface area contributed by atoms with Gasteiger partial charge in [0.15, 0.2) is 0 Å². The van der Waals surface area contributed by atoms with Crippen molar-refractivity contribution in [3.63, 3.8) is 0 Å². The smallest absolute Gasteiger partial charge is 0.253 e. The Balaban J connectivity index is 2.04. The van der Waals surface area contributed by atoms with Crippen LogP contribution < -0.4 is 5.32 Å². The van der Waals surface area contributed by atoms with E-state index in [0.29, 0.717) is 5.56 Å². The number of aryl methyl sites for hydroxylation is 1. The molecule has 4 heteroatoms. The van der Waals surface area contributed by atoms with Crippen LogP contribution in [0.25, 0.3) is 0 Å². The van der Waals surface area contributed by atoms with Crippen molar-refractivity contribution in [2.45, 2.75) is 19.9 Å². The van der Waals surface area contributed by atoms with Gasteiger partial charge in [-0.2, -0.15) is 0 Å². The fraction of sp³-hybridized carbons (Fsp3) is 0.231. The van der Waals surface area contributed by atoms with Crippen LogP contribution in [0.1, 0.15) is 33.9 Å². The first-order chi connectivity index (χ1) is 8.16. The maximum atomic E-state index is 11.9. The standard InChI is InChI=1S/C13H14N2OS/c1-9-5-6-11(8-14-9)13(16)15-10(2)12-4-3-7-17-12/h3-8,10H,1-2H3,(H,15,16)/t10-/m1/s1. The van der Waals surface area contributed by atoms with Crippen LogP contribution in [0.2, 0.25) is 0 Å². The van der Waals surface area contributed by atoms with E-state index in [9.17, 15) is 4.79 Å². The highest BCUT2D eigenvalue weighted by atomic mass is 32.1. The summed E-state index contributed by atoms with van der Waals surface area (Å²) in [6, 6.07) is 7.66. The Morgan fingerprint density at radius 2 is 2.24 bits per heavy atom. The van der Waals surface area contributed by atoms with Crippen molar-refractivity contribution in [1.29, 1.82) is 0 Å². The van der Waals surface area contributed by atoms with Crippen LogP contribution in [0, 0.1) is 6.92 Å². The van der Waals surface area contributed by atoms with Crippen molar-refractivity contribution >= 4 is 17.2 Å². The number of hydrogen-bond acceptors (Lipinski definition) is 3. The predicted molar refractivity (Wildman–Crippen MR) is 69.2 cm³/mol. The van der Waals surface area contributed by atoms with E-state index in [1.807, 2.05) is 37.4 Å². The Kier molecular flexibility index (Phi) is 3.54. The third-order valence-electron chi connectivity index (χ3n) is 2.49. The molecule has 0 saturated carbocycles. The SMILES string of the molecule is Cc1ccc(C(=O)N[C@H](C)c2cccs2)cn1. The van der Waals surface area contributed by atoms with E-state index in [4.69, 9.17) is 0 Å². The van der Waals surface area contributed by atoms with Crippen LogP contribution in [-0.4, -0.2) is 10.9 Å². The lowest BCUT2D eigenvalue weighted by molar-refractivity contribution is 0.0940. The predicted octanol–water partition coefficient (Wildman–Crippen LogP) is 2.94. The molecule has 0 aliphatic rings. The zero-order chi connectivity index (χ0) is 12.3. The van der Waals surface area contributed by atoms with Gasteiger partial charge in [-0.3, -0.25) is 9.78 Å². The number of carbonyl (C=O) groups is 1. The van der Waals surface area contributed by atoms with Gasteiger partial charge in [0.2, 0.25) is 0 Å². The van der Waals surface area contributed by atoms with E-state index in [-0.39, 0.29) is 11.9 Å². The maximum absolute atomic E-state index is 11.9. The Morgan fingerprint density at radius 3 is 2.82 bits per heavy atom. The number of pyridine rings is 1. The van der Waals surface area contributed by atoms with Crippen LogP contribution >= 0.6 is 11.3 Å². The molecule has 1 N–H and O–H groups in total. The summed E-state index contributed by atoms with van der Waals surface area (Å²) in [5.74, 6) is -0.0848. The largest absolute Gasteiger partial charge is 0.345 e. The number of carbonyl (C=O) groups excluding carboxylic acids is 1. The van der Waals surface area contributed by atoms with Crippen LogP contribution in [0.3, 0.4) is 0 Å². The number of nitrogens with zero attached hydrogens (tertiary/aromatic N) is 1. The molecule has 88 valence electrons. The molecule has 0 fully saturated rings. The second kappa shape index (κ2) is 5.10. The highest BCUT2D eigenvalue weighted by molar-refractivity contribution is 7.10. The molecule has 2 aromatic heterocycles. The van der Waals surface area contributed by atoms with Crippen molar-refractivity contribution < 1.29 is 4.79 Å². The highest BCUT2D eigenvalue weighted by Crippen LogP contribution is 2.18. The number of nitrogens with one attached hydrogen (secondary N) is 1. The number of hydrogen-bond donors (Lipinski definition) is 1. The summed E-state index contributed by atoms with van der Waals surface area (Å²) in [6.45, 7) is 3.88. The summed E-state index contributed by atoms with van der Waals surface area (Å²) in [5.41, 5.74) is 1.51. The molecule has 0 spiro atoms. The van der Waals surface area contributed by atoms with Gasteiger partial charge in [0.05, 0.1) is 11.6 Å². The summed E-state index contributed by atoms with van der Waals surface area (Å²) in [7, 11) is 0. The van der Waals surface area contributed by atoms with Crippen LogP contribution in [-0.2, 0) is 0 Å².